The van der Waals surface area contributed by atoms with Crippen LogP contribution in [0.25, 0.3) is 0 Å². The molecular formula is C19H25ClN6O3. The molecule has 0 saturated carbocycles. The van der Waals surface area contributed by atoms with Gasteiger partial charge in [0, 0.05) is 56.7 Å². The summed E-state index contributed by atoms with van der Waals surface area (Å²) in [6.07, 6.45) is 4.09. The Kier molecular flexibility index (Phi) is 6.71. The summed E-state index contributed by atoms with van der Waals surface area (Å²) < 4.78 is 1.90. The van der Waals surface area contributed by atoms with Crippen LogP contribution in [0.1, 0.15) is 29.4 Å². The SMILES string of the molecule is Cl.O=C(c1ccn(C2CCCNC2)n1)N1CCN(c2cccc([N+](=O)[O-])c2)CC1. The van der Waals surface area contributed by atoms with Crippen molar-refractivity contribution in [3.05, 3.63) is 52.3 Å². The number of nitro groups is 1. The molecule has 2 aliphatic rings. The van der Waals surface area contributed by atoms with Gasteiger partial charge in [-0.3, -0.25) is 19.6 Å². The molecule has 2 aromatic rings. The standard InChI is InChI=1S/C19H24N6O3.ClH/c26-19(18-6-8-24(21-18)17-5-2-7-20-14-17)23-11-9-22(10-12-23)15-3-1-4-16(13-15)25(27)28;/h1,3-4,6,8,13,17,20H,2,5,7,9-12,14H2;1H. The third kappa shape index (κ3) is 4.68. The number of nitrogens with one attached hydrogen (secondary N) is 1. The van der Waals surface area contributed by atoms with Gasteiger partial charge in [-0.2, -0.15) is 5.10 Å². The van der Waals surface area contributed by atoms with E-state index >= 15 is 0 Å². The van der Waals surface area contributed by atoms with Crippen molar-refractivity contribution < 1.29 is 9.72 Å². The number of carbonyl (C=O) groups is 1. The van der Waals surface area contributed by atoms with Crippen molar-refractivity contribution in [2.45, 2.75) is 18.9 Å². The largest absolute Gasteiger partial charge is 0.368 e. The monoisotopic (exact) mass is 420 g/mol. The lowest BCUT2D eigenvalue weighted by atomic mass is 10.1. The van der Waals surface area contributed by atoms with Crippen molar-refractivity contribution in [1.29, 1.82) is 0 Å². The molecule has 2 aliphatic heterocycles. The van der Waals surface area contributed by atoms with Crippen LogP contribution in [0.2, 0.25) is 0 Å². The van der Waals surface area contributed by atoms with E-state index < -0.39 is 0 Å². The van der Waals surface area contributed by atoms with E-state index in [1.807, 2.05) is 16.9 Å². The van der Waals surface area contributed by atoms with E-state index in [0.717, 1.165) is 31.6 Å². The molecule has 10 heteroatoms. The molecule has 1 aromatic carbocycles. The minimum absolute atomic E-state index is 0. The highest BCUT2D eigenvalue weighted by Crippen LogP contribution is 2.23. The Bertz CT molecular complexity index is 859. The molecule has 1 unspecified atom stereocenters. The third-order valence-corrected chi connectivity index (χ3v) is 5.45. The number of piperidine rings is 1. The first-order valence-corrected chi connectivity index (χ1v) is 9.66. The van der Waals surface area contributed by atoms with Gasteiger partial charge in [-0.1, -0.05) is 6.07 Å². The van der Waals surface area contributed by atoms with Gasteiger partial charge in [0.15, 0.2) is 0 Å². The Labute approximate surface area is 175 Å². The van der Waals surface area contributed by atoms with Gasteiger partial charge >= 0.3 is 0 Å². The van der Waals surface area contributed by atoms with Crippen LogP contribution < -0.4 is 10.2 Å². The summed E-state index contributed by atoms with van der Waals surface area (Å²) in [7, 11) is 0. The molecule has 156 valence electrons. The number of aromatic nitrogens is 2. The zero-order valence-electron chi connectivity index (χ0n) is 16.1. The normalized spacial score (nSPS) is 19.5. The number of hydrogen-bond donors (Lipinski definition) is 1. The number of non-ortho nitro benzene ring substituents is 1. The first kappa shape index (κ1) is 21.1. The van der Waals surface area contributed by atoms with E-state index in [2.05, 4.69) is 15.3 Å². The second kappa shape index (κ2) is 9.23. The van der Waals surface area contributed by atoms with Gasteiger partial charge in [0.05, 0.1) is 11.0 Å². The molecule has 0 aliphatic carbocycles. The summed E-state index contributed by atoms with van der Waals surface area (Å²) >= 11 is 0. The Morgan fingerprint density at radius 3 is 2.69 bits per heavy atom. The predicted octanol–water partition coefficient (Wildman–Crippen LogP) is 2.10. The molecule has 0 bridgehead atoms. The van der Waals surface area contributed by atoms with Gasteiger partial charge in [0.2, 0.25) is 0 Å². The maximum atomic E-state index is 12.8. The first-order valence-electron chi connectivity index (χ1n) is 9.66. The molecule has 1 atom stereocenters. The Morgan fingerprint density at radius 2 is 2.00 bits per heavy atom. The van der Waals surface area contributed by atoms with Gasteiger partial charge in [-0.05, 0) is 31.5 Å². The highest BCUT2D eigenvalue weighted by Gasteiger charge is 2.25. The smallest absolute Gasteiger partial charge is 0.274 e. The Balaban J connectivity index is 0.00000240. The number of anilines is 1. The third-order valence-electron chi connectivity index (χ3n) is 5.45. The second-order valence-corrected chi connectivity index (χ2v) is 7.24. The number of carbonyl (C=O) groups excluding carboxylic acids is 1. The van der Waals surface area contributed by atoms with Crippen molar-refractivity contribution in [3.63, 3.8) is 0 Å². The van der Waals surface area contributed by atoms with Crippen LogP contribution in [-0.4, -0.2) is 64.8 Å². The number of benzene rings is 1. The highest BCUT2D eigenvalue weighted by atomic mass is 35.5. The van der Waals surface area contributed by atoms with Crippen molar-refractivity contribution >= 4 is 29.7 Å². The number of piperazine rings is 1. The summed E-state index contributed by atoms with van der Waals surface area (Å²) in [5, 5.41) is 18.8. The molecular weight excluding hydrogens is 396 g/mol. The fourth-order valence-corrected chi connectivity index (χ4v) is 3.85. The fraction of sp³-hybridized carbons (Fsp3) is 0.474. The number of rotatable bonds is 4. The summed E-state index contributed by atoms with van der Waals surface area (Å²) in [6, 6.07) is 8.73. The van der Waals surface area contributed by atoms with Crippen molar-refractivity contribution in [3.8, 4) is 0 Å². The molecule has 1 N–H and O–H groups in total. The quantitative estimate of drug-likeness (QED) is 0.601. The number of amides is 1. The molecule has 29 heavy (non-hydrogen) atoms. The van der Waals surface area contributed by atoms with Crippen molar-refractivity contribution in [2.75, 3.05) is 44.2 Å². The second-order valence-electron chi connectivity index (χ2n) is 7.24. The predicted molar refractivity (Wildman–Crippen MR) is 112 cm³/mol. The number of nitrogens with zero attached hydrogens (tertiary/aromatic N) is 5. The first-order chi connectivity index (χ1) is 13.6. The van der Waals surface area contributed by atoms with Gasteiger partial charge in [-0.15, -0.1) is 12.4 Å². The van der Waals surface area contributed by atoms with Crippen molar-refractivity contribution in [2.24, 2.45) is 0 Å². The maximum Gasteiger partial charge on any atom is 0.274 e. The lowest BCUT2D eigenvalue weighted by Gasteiger charge is -2.35. The zero-order chi connectivity index (χ0) is 19.5. The van der Waals surface area contributed by atoms with E-state index in [0.29, 0.717) is 37.9 Å². The van der Waals surface area contributed by atoms with E-state index in [1.54, 1.807) is 23.1 Å². The van der Waals surface area contributed by atoms with E-state index in [9.17, 15) is 14.9 Å². The van der Waals surface area contributed by atoms with Gasteiger partial charge in [0.1, 0.15) is 5.69 Å². The molecule has 1 aromatic heterocycles. The van der Waals surface area contributed by atoms with Crippen LogP contribution in [-0.2, 0) is 0 Å². The maximum absolute atomic E-state index is 12.8. The number of hydrogen-bond acceptors (Lipinski definition) is 6. The van der Waals surface area contributed by atoms with Crippen LogP contribution in [0.15, 0.2) is 36.5 Å². The topological polar surface area (TPSA) is 96.5 Å². The lowest BCUT2D eigenvalue weighted by molar-refractivity contribution is -0.384. The number of halogens is 1. The molecule has 0 radical (unpaired) electrons. The van der Waals surface area contributed by atoms with Crippen molar-refractivity contribution in [1.82, 2.24) is 20.0 Å². The molecule has 2 fully saturated rings. The molecule has 4 rings (SSSR count). The van der Waals surface area contributed by atoms with Crippen LogP contribution in [0.3, 0.4) is 0 Å². The molecule has 1 amide bonds. The minimum atomic E-state index is -0.387. The average Bonchev–Trinajstić information content (AvgIpc) is 3.24. The van der Waals surface area contributed by atoms with E-state index in [1.165, 1.54) is 6.07 Å². The van der Waals surface area contributed by atoms with Gasteiger partial charge in [0.25, 0.3) is 11.6 Å². The molecule has 0 spiro atoms. The Hall–Kier alpha value is -2.65. The van der Waals surface area contributed by atoms with Crippen LogP contribution in [0.4, 0.5) is 11.4 Å². The summed E-state index contributed by atoms with van der Waals surface area (Å²) in [5.41, 5.74) is 1.38. The zero-order valence-corrected chi connectivity index (χ0v) is 16.9. The van der Waals surface area contributed by atoms with Crippen LogP contribution in [0, 0.1) is 10.1 Å². The van der Waals surface area contributed by atoms with Gasteiger partial charge in [-0.25, -0.2) is 0 Å². The Morgan fingerprint density at radius 1 is 1.21 bits per heavy atom. The summed E-state index contributed by atoms with van der Waals surface area (Å²) in [5.74, 6) is -0.0544. The molecule has 3 heterocycles. The fourth-order valence-electron chi connectivity index (χ4n) is 3.85. The molecule has 9 nitrogen and oxygen atoms in total. The summed E-state index contributed by atoms with van der Waals surface area (Å²) in [6.45, 7) is 4.34. The average molecular weight is 421 g/mol. The van der Waals surface area contributed by atoms with E-state index in [-0.39, 0.29) is 28.9 Å². The minimum Gasteiger partial charge on any atom is -0.368 e. The van der Waals surface area contributed by atoms with Crippen LogP contribution >= 0.6 is 12.4 Å². The lowest BCUT2D eigenvalue weighted by Crippen LogP contribution is -2.49. The van der Waals surface area contributed by atoms with Crippen LogP contribution in [0.5, 0.6) is 0 Å². The number of nitro benzene ring substituents is 1. The highest BCUT2D eigenvalue weighted by molar-refractivity contribution is 5.92. The molecule has 2 saturated heterocycles. The van der Waals surface area contributed by atoms with E-state index in [4.69, 9.17) is 0 Å². The summed E-state index contributed by atoms with van der Waals surface area (Å²) in [4.78, 5) is 27.3. The van der Waals surface area contributed by atoms with Gasteiger partial charge < -0.3 is 15.1 Å².